The Hall–Kier alpha value is -0.870. The average molecular weight is 213 g/mol. The van der Waals surface area contributed by atoms with Gasteiger partial charge in [0.2, 0.25) is 0 Å². The van der Waals surface area contributed by atoms with Crippen LogP contribution in [-0.2, 0) is 0 Å². The van der Waals surface area contributed by atoms with E-state index in [-0.39, 0.29) is 0 Å². The number of anilines is 1. The zero-order valence-corrected chi connectivity index (χ0v) is 8.59. The van der Waals surface area contributed by atoms with Crippen molar-refractivity contribution in [1.29, 1.82) is 0 Å². The van der Waals surface area contributed by atoms with Crippen LogP contribution in [0.25, 0.3) is 0 Å². The van der Waals surface area contributed by atoms with Crippen LogP contribution >= 0.6 is 11.6 Å². The maximum absolute atomic E-state index is 5.84. The van der Waals surface area contributed by atoms with Gasteiger partial charge in [-0.3, -0.25) is 0 Å². The van der Waals surface area contributed by atoms with Crippen LogP contribution in [-0.4, -0.2) is 23.1 Å². The minimum Gasteiger partial charge on any atom is -0.395 e. The van der Waals surface area contributed by atoms with E-state index in [1.165, 1.54) is 0 Å². The Morgan fingerprint density at radius 2 is 2.14 bits per heavy atom. The maximum atomic E-state index is 5.84. The first-order chi connectivity index (χ1) is 6.77. The van der Waals surface area contributed by atoms with Crippen molar-refractivity contribution in [2.24, 2.45) is 0 Å². The van der Waals surface area contributed by atoms with Crippen molar-refractivity contribution < 1.29 is 0 Å². The van der Waals surface area contributed by atoms with Gasteiger partial charge in [0.25, 0.3) is 0 Å². The fraction of sp³-hybridized carbons (Fsp3) is 0.556. The number of hydrogen-bond donors (Lipinski definition) is 2. The summed E-state index contributed by atoms with van der Waals surface area (Å²) in [7, 11) is 0. The number of nitrogens with zero attached hydrogens (tertiary/aromatic N) is 2. The molecule has 1 aromatic rings. The van der Waals surface area contributed by atoms with Crippen molar-refractivity contribution in [1.82, 2.24) is 15.3 Å². The second kappa shape index (κ2) is 4.11. The molecular formula is C9H13ClN4. The second-order valence-corrected chi connectivity index (χ2v) is 3.86. The summed E-state index contributed by atoms with van der Waals surface area (Å²) >= 11 is 5.84. The third-order valence-electron chi connectivity index (χ3n) is 2.49. The highest BCUT2D eigenvalue weighted by Gasteiger charge is 2.18. The third-order valence-corrected chi connectivity index (χ3v) is 2.79. The van der Waals surface area contributed by atoms with Crippen LogP contribution in [0, 0.1) is 0 Å². The van der Waals surface area contributed by atoms with E-state index in [9.17, 15) is 0 Å². The molecule has 0 aliphatic carbocycles. The molecule has 3 N–H and O–H groups in total. The predicted molar refractivity (Wildman–Crippen MR) is 56.3 cm³/mol. The SMILES string of the molecule is Nc1cnc(C2CCNCC2)nc1Cl. The van der Waals surface area contributed by atoms with Crippen molar-refractivity contribution in [2.45, 2.75) is 18.8 Å². The monoisotopic (exact) mass is 212 g/mol. The summed E-state index contributed by atoms with van der Waals surface area (Å²) in [5, 5.41) is 3.67. The first kappa shape index (κ1) is 9.68. The Balaban J connectivity index is 2.18. The first-order valence-corrected chi connectivity index (χ1v) is 5.14. The van der Waals surface area contributed by atoms with Gasteiger partial charge >= 0.3 is 0 Å². The number of rotatable bonds is 1. The van der Waals surface area contributed by atoms with Gasteiger partial charge in [-0.05, 0) is 25.9 Å². The second-order valence-electron chi connectivity index (χ2n) is 3.50. The molecule has 2 rings (SSSR count). The standard InChI is InChI=1S/C9H13ClN4/c10-8-7(11)5-13-9(14-8)6-1-3-12-4-2-6/h5-6,12H,1-4,11H2. The maximum Gasteiger partial charge on any atom is 0.155 e. The van der Waals surface area contributed by atoms with Crippen molar-refractivity contribution in [3.05, 3.63) is 17.2 Å². The molecule has 0 unspecified atom stereocenters. The van der Waals surface area contributed by atoms with E-state index in [0.717, 1.165) is 31.8 Å². The molecule has 0 saturated carbocycles. The van der Waals surface area contributed by atoms with E-state index in [1.54, 1.807) is 6.20 Å². The summed E-state index contributed by atoms with van der Waals surface area (Å²) in [5.74, 6) is 1.25. The van der Waals surface area contributed by atoms with Gasteiger partial charge in [0.05, 0.1) is 11.9 Å². The Morgan fingerprint density at radius 3 is 2.79 bits per heavy atom. The van der Waals surface area contributed by atoms with Gasteiger partial charge in [-0.2, -0.15) is 0 Å². The lowest BCUT2D eigenvalue weighted by atomic mass is 9.97. The smallest absolute Gasteiger partial charge is 0.155 e. The Labute approximate surface area is 87.9 Å². The number of piperidine rings is 1. The van der Waals surface area contributed by atoms with Crippen LogP contribution in [0.2, 0.25) is 5.15 Å². The van der Waals surface area contributed by atoms with E-state index in [2.05, 4.69) is 15.3 Å². The lowest BCUT2D eigenvalue weighted by Crippen LogP contribution is -2.27. The quantitative estimate of drug-likeness (QED) is 0.687. The summed E-state index contributed by atoms with van der Waals surface area (Å²) < 4.78 is 0. The van der Waals surface area contributed by atoms with E-state index in [4.69, 9.17) is 17.3 Å². The summed E-state index contributed by atoms with van der Waals surface area (Å²) in [4.78, 5) is 8.41. The Bertz CT molecular complexity index is 323. The lowest BCUT2D eigenvalue weighted by Gasteiger charge is -2.21. The molecule has 0 atom stereocenters. The summed E-state index contributed by atoms with van der Waals surface area (Å²) in [6.45, 7) is 2.05. The fourth-order valence-corrected chi connectivity index (χ4v) is 1.80. The third kappa shape index (κ3) is 1.96. The summed E-state index contributed by atoms with van der Waals surface area (Å²) in [6.07, 6.45) is 3.73. The molecule has 1 aliphatic heterocycles. The normalized spacial score (nSPS) is 18.4. The van der Waals surface area contributed by atoms with Gasteiger partial charge < -0.3 is 11.1 Å². The zero-order chi connectivity index (χ0) is 9.97. The molecule has 0 spiro atoms. The Morgan fingerprint density at radius 1 is 1.43 bits per heavy atom. The van der Waals surface area contributed by atoms with Gasteiger partial charge in [-0.25, -0.2) is 9.97 Å². The molecule has 0 bridgehead atoms. The molecule has 0 aromatic carbocycles. The molecule has 0 amide bonds. The molecule has 1 saturated heterocycles. The van der Waals surface area contributed by atoms with E-state index in [0.29, 0.717) is 16.8 Å². The van der Waals surface area contributed by atoms with Gasteiger partial charge in [0.15, 0.2) is 5.15 Å². The molecule has 5 heteroatoms. The number of hydrogen-bond acceptors (Lipinski definition) is 4. The van der Waals surface area contributed by atoms with Gasteiger partial charge in [0.1, 0.15) is 5.82 Å². The molecule has 4 nitrogen and oxygen atoms in total. The highest BCUT2D eigenvalue weighted by atomic mass is 35.5. The van der Waals surface area contributed by atoms with Gasteiger partial charge in [0, 0.05) is 5.92 Å². The van der Waals surface area contributed by atoms with Crippen LogP contribution < -0.4 is 11.1 Å². The zero-order valence-electron chi connectivity index (χ0n) is 7.83. The van der Waals surface area contributed by atoms with Crippen LogP contribution in [0.15, 0.2) is 6.20 Å². The van der Waals surface area contributed by atoms with Crippen molar-refractivity contribution in [2.75, 3.05) is 18.8 Å². The number of nitrogens with one attached hydrogen (secondary N) is 1. The largest absolute Gasteiger partial charge is 0.395 e. The molecule has 2 heterocycles. The number of halogens is 1. The number of nitrogen functional groups attached to an aromatic ring is 1. The molecule has 1 aliphatic rings. The first-order valence-electron chi connectivity index (χ1n) is 4.76. The van der Waals surface area contributed by atoms with Crippen LogP contribution in [0.4, 0.5) is 5.69 Å². The van der Waals surface area contributed by atoms with E-state index >= 15 is 0 Å². The van der Waals surface area contributed by atoms with Crippen LogP contribution in [0.5, 0.6) is 0 Å². The van der Waals surface area contributed by atoms with Crippen LogP contribution in [0.1, 0.15) is 24.6 Å². The number of nitrogens with two attached hydrogens (primary N) is 1. The van der Waals surface area contributed by atoms with Gasteiger partial charge in [-0.1, -0.05) is 11.6 Å². The predicted octanol–water partition coefficient (Wildman–Crippen LogP) is 1.18. The van der Waals surface area contributed by atoms with E-state index < -0.39 is 0 Å². The molecule has 1 fully saturated rings. The highest BCUT2D eigenvalue weighted by molar-refractivity contribution is 6.31. The molecular weight excluding hydrogens is 200 g/mol. The lowest BCUT2D eigenvalue weighted by molar-refractivity contribution is 0.445. The molecule has 1 aromatic heterocycles. The topological polar surface area (TPSA) is 63.8 Å². The highest BCUT2D eigenvalue weighted by Crippen LogP contribution is 2.24. The Kier molecular flexibility index (Phi) is 2.84. The van der Waals surface area contributed by atoms with Crippen LogP contribution in [0.3, 0.4) is 0 Å². The average Bonchev–Trinajstić information content (AvgIpc) is 2.23. The van der Waals surface area contributed by atoms with Gasteiger partial charge in [-0.15, -0.1) is 0 Å². The molecule has 0 radical (unpaired) electrons. The summed E-state index contributed by atoms with van der Waals surface area (Å²) in [5.41, 5.74) is 6.00. The minimum atomic E-state index is 0.369. The minimum absolute atomic E-state index is 0.369. The molecule has 76 valence electrons. The number of aromatic nitrogens is 2. The fourth-order valence-electron chi connectivity index (χ4n) is 1.66. The van der Waals surface area contributed by atoms with Crippen molar-refractivity contribution >= 4 is 17.3 Å². The molecule has 14 heavy (non-hydrogen) atoms. The summed E-state index contributed by atoms with van der Waals surface area (Å²) in [6, 6.07) is 0. The van der Waals surface area contributed by atoms with Crippen molar-refractivity contribution in [3.8, 4) is 0 Å². The van der Waals surface area contributed by atoms with Crippen molar-refractivity contribution in [3.63, 3.8) is 0 Å². The van der Waals surface area contributed by atoms with E-state index in [1.807, 2.05) is 0 Å².